The number of ketones is 1. The molecule has 2 rings (SSSR count). The lowest BCUT2D eigenvalue weighted by molar-refractivity contribution is -0.490. The molecule has 4 atom stereocenters. The molecule has 1 amide bonds. The lowest BCUT2D eigenvalue weighted by atomic mass is 9.88. The molecule has 0 spiro atoms. The molecule has 28 heavy (non-hydrogen) atoms. The van der Waals surface area contributed by atoms with Crippen molar-refractivity contribution in [2.75, 3.05) is 6.54 Å². The highest BCUT2D eigenvalue weighted by atomic mass is 35.5. The van der Waals surface area contributed by atoms with Gasteiger partial charge in [-0.15, -0.1) is 0 Å². The van der Waals surface area contributed by atoms with E-state index in [1.807, 2.05) is 0 Å². The quantitative estimate of drug-likeness (QED) is 0.399. The molecule has 1 N–H and O–H groups in total. The Hall–Kier alpha value is -2.48. The number of nitro groups is 1. The minimum atomic E-state index is -1.06. The summed E-state index contributed by atoms with van der Waals surface area (Å²) in [5, 5.41) is 14.0. The summed E-state index contributed by atoms with van der Waals surface area (Å²) in [5.41, 5.74) is 0.726. The molecule has 0 heterocycles. The van der Waals surface area contributed by atoms with Gasteiger partial charge in [0.2, 0.25) is 6.54 Å². The van der Waals surface area contributed by atoms with Crippen molar-refractivity contribution in [3.8, 4) is 0 Å². The van der Waals surface area contributed by atoms with E-state index in [-0.39, 0.29) is 37.6 Å². The molecule has 8 nitrogen and oxygen atoms in total. The fourth-order valence-electron chi connectivity index (χ4n) is 3.45. The van der Waals surface area contributed by atoms with Crippen LogP contribution in [0.25, 0.3) is 0 Å². The number of esters is 1. The van der Waals surface area contributed by atoms with Gasteiger partial charge in [0.1, 0.15) is 5.78 Å². The van der Waals surface area contributed by atoms with Crippen molar-refractivity contribution in [3.63, 3.8) is 0 Å². The molecule has 0 saturated heterocycles. The molecule has 1 aromatic carbocycles. The summed E-state index contributed by atoms with van der Waals surface area (Å²) in [4.78, 5) is 46.8. The third-order valence-corrected chi connectivity index (χ3v) is 5.39. The van der Waals surface area contributed by atoms with Gasteiger partial charge in [0, 0.05) is 34.7 Å². The third-order valence-electron chi connectivity index (χ3n) is 5.02. The minimum absolute atomic E-state index is 0.160. The average molecular weight is 411 g/mol. The predicted molar refractivity (Wildman–Crippen MR) is 101 cm³/mol. The molecule has 0 bridgehead atoms. The number of benzene rings is 1. The summed E-state index contributed by atoms with van der Waals surface area (Å²) in [6, 6.07) is 7.03. The van der Waals surface area contributed by atoms with Gasteiger partial charge in [0.15, 0.2) is 6.10 Å². The van der Waals surface area contributed by atoms with Crippen molar-refractivity contribution in [2.45, 2.75) is 39.3 Å². The van der Waals surface area contributed by atoms with Gasteiger partial charge in [-0.25, -0.2) is 0 Å². The Morgan fingerprint density at radius 2 is 2.07 bits per heavy atom. The van der Waals surface area contributed by atoms with Crippen molar-refractivity contribution >= 4 is 29.3 Å². The molecule has 1 aliphatic rings. The number of amides is 1. The Kier molecular flexibility index (Phi) is 7.51. The van der Waals surface area contributed by atoms with Crippen LogP contribution in [0.5, 0.6) is 0 Å². The molecular formula is C19H23ClN2O6. The minimum Gasteiger partial charge on any atom is -0.453 e. The highest BCUT2D eigenvalue weighted by molar-refractivity contribution is 6.31. The fourth-order valence-corrected chi connectivity index (χ4v) is 3.65. The van der Waals surface area contributed by atoms with E-state index in [0.717, 1.165) is 5.56 Å². The van der Waals surface area contributed by atoms with Crippen LogP contribution in [-0.4, -0.2) is 35.2 Å². The Bertz CT molecular complexity index is 769. The van der Waals surface area contributed by atoms with E-state index >= 15 is 0 Å². The number of rotatable bonds is 8. The highest BCUT2D eigenvalue weighted by Gasteiger charge is 2.44. The molecule has 0 aromatic heterocycles. The number of hydrogen-bond acceptors (Lipinski definition) is 6. The van der Waals surface area contributed by atoms with Crippen molar-refractivity contribution < 1.29 is 24.0 Å². The maximum Gasteiger partial charge on any atom is 0.307 e. The monoisotopic (exact) mass is 410 g/mol. The summed E-state index contributed by atoms with van der Waals surface area (Å²) in [6.07, 6.45) is -1.10. The number of carbonyl (C=O) groups excluding carboxylic acids is 3. The normalized spacial score (nSPS) is 22.5. The standard InChI is InChI=1S/C19H23ClN2O6/c1-11-7-17(23)14(15(11)10-22(26)27)8-18(24)28-12(2)19(25)21-9-13-5-3-4-6-16(13)20/h3-6,11-12,14-15H,7-10H2,1-2H3,(H,21,25)/t11-,12-,14+,15+/m0/s1. The van der Waals surface area contributed by atoms with Crippen LogP contribution in [0.4, 0.5) is 0 Å². The first-order valence-electron chi connectivity index (χ1n) is 9.04. The Balaban J connectivity index is 1.87. The van der Waals surface area contributed by atoms with Crippen LogP contribution in [0.1, 0.15) is 32.3 Å². The van der Waals surface area contributed by atoms with E-state index in [0.29, 0.717) is 5.02 Å². The number of ether oxygens (including phenoxy) is 1. The number of hydrogen-bond donors (Lipinski definition) is 1. The van der Waals surface area contributed by atoms with E-state index in [1.165, 1.54) is 6.92 Å². The number of Topliss-reactive ketones (excluding diaryl/α,β-unsaturated/α-hetero) is 1. The first kappa shape index (κ1) is 21.8. The molecule has 0 aliphatic heterocycles. The van der Waals surface area contributed by atoms with Crippen molar-refractivity contribution in [1.82, 2.24) is 5.32 Å². The maximum atomic E-state index is 12.2. The first-order chi connectivity index (χ1) is 13.2. The van der Waals surface area contributed by atoms with Crippen LogP contribution in [0.2, 0.25) is 5.02 Å². The van der Waals surface area contributed by atoms with Crippen molar-refractivity contribution in [1.29, 1.82) is 0 Å². The second-order valence-electron chi connectivity index (χ2n) is 7.08. The molecule has 0 radical (unpaired) electrons. The van der Waals surface area contributed by atoms with Crippen LogP contribution in [-0.2, 0) is 25.7 Å². The Labute approximate surface area is 167 Å². The molecule has 1 fully saturated rings. The zero-order valence-corrected chi connectivity index (χ0v) is 16.5. The third kappa shape index (κ3) is 5.76. The Morgan fingerprint density at radius 3 is 2.71 bits per heavy atom. The number of nitrogens with one attached hydrogen (secondary N) is 1. The molecule has 1 aliphatic carbocycles. The van der Waals surface area contributed by atoms with Gasteiger partial charge in [-0.3, -0.25) is 24.5 Å². The zero-order valence-electron chi connectivity index (χ0n) is 15.7. The van der Waals surface area contributed by atoms with Gasteiger partial charge in [0.25, 0.3) is 5.91 Å². The first-order valence-corrected chi connectivity index (χ1v) is 9.42. The lowest BCUT2D eigenvalue weighted by Crippen LogP contribution is -2.36. The van der Waals surface area contributed by atoms with Gasteiger partial charge in [0.05, 0.1) is 6.42 Å². The SMILES string of the molecule is C[C@H](OC(=O)C[C@H]1C(=O)C[C@H](C)[C@H]1C[N+](=O)[O-])C(=O)NCc1ccccc1Cl. The van der Waals surface area contributed by atoms with Crippen LogP contribution in [0.15, 0.2) is 24.3 Å². The van der Waals surface area contributed by atoms with E-state index in [2.05, 4.69) is 5.32 Å². The second kappa shape index (κ2) is 9.64. The van der Waals surface area contributed by atoms with E-state index in [1.54, 1.807) is 31.2 Å². The number of nitrogens with zero attached hydrogens (tertiary/aromatic N) is 1. The number of halogens is 1. The van der Waals surface area contributed by atoms with Crippen molar-refractivity contribution in [3.05, 3.63) is 45.0 Å². The summed E-state index contributed by atoms with van der Waals surface area (Å²) < 4.78 is 5.12. The Morgan fingerprint density at radius 1 is 1.39 bits per heavy atom. The molecule has 0 unspecified atom stereocenters. The van der Waals surface area contributed by atoms with E-state index in [9.17, 15) is 24.5 Å². The van der Waals surface area contributed by atoms with Gasteiger partial charge < -0.3 is 10.1 Å². The van der Waals surface area contributed by atoms with Crippen LogP contribution in [0.3, 0.4) is 0 Å². The van der Waals surface area contributed by atoms with E-state index in [4.69, 9.17) is 16.3 Å². The smallest absolute Gasteiger partial charge is 0.307 e. The largest absolute Gasteiger partial charge is 0.453 e. The number of carbonyl (C=O) groups is 3. The summed E-state index contributed by atoms with van der Waals surface area (Å²) >= 11 is 6.03. The van der Waals surface area contributed by atoms with Gasteiger partial charge in [-0.1, -0.05) is 36.7 Å². The molecule has 9 heteroatoms. The van der Waals surface area contributed by atoms with Gasteiger partial charge in [-0.05, 0) is 24.5 Å². The predicted octanol–water partition coefficient (Wildman–Crippen LogP) is 2.40. The lowest BCUT2D eigenvalue weighted by Gasteiger charge is -2.18. The van der Waals surface area contributed by atoms with E-state index < -0.39 is 34.7 Å². The van der Waals surface area contributed by atoms with Gasteiger partial charge >= 0.3 is 5.97 Å². The summed E-state index contributed by atoms with van der Waals surface area (Å²) in [7, 11) is 0. The summed E-state index contributed by atoms with van der Waals surface area (Å²) in [5.74, 6) is -2.80. The average Bonchev–Trinajstić information content (AvgIpc) is 2.87. The second-order valence-corrected chi connectivity index (χ2v) is 7.49. The molecule has 152 valence electrons. The zero-order chi connectivity index (χ0) is 20.8. The topological polar surface area (TPSA) is 116 Å². The van der Waals surface area contributed by atoms with Crippen LogP contribution < -0.4 is 5.32 Å². The van der Waals surface area contributed by atoms with Crippen LogP contribution >= 0.6 is 11.6 Å². The molecule has 1 saturated carbocycles. The maximum absolute atomic E-state index is 12.2. The van der Waals surface area contributed by atoms with Gasteiger partial charge in [-0.2, -0.15) is 0 Å². The van der Waals surface area contributed by atoms with Crippen molar-refractivity contribution in [2.24, 2.45) is 17.8 Å². The van der Waals surface area contributed by atoms with Crippen LogP contribution in [0, 0.1) is 27.9 Å². The summed E-state index contributed by atoms with van der Waals surface area (Å²) in [6.45, 7) is 3.01. The molecular weight excluding hydrogens is 388 g/mol. The highest BCUT2D eigenvalue weighted by Crippen LogP contribution is 2.36. The fraction of sp³-hybridized carbons (Fsp3) is 0.526. The molecule has 1 aromatic rings.